The highest BCUT2D eigenvalue weighted by Gasteiger charge is 2.19. The molecule has 1 atom stereocenters. The molecular formula is C16H13F3N8O. The lowest BCUT2D eigenvalue weighted by Gasteiger charge is -2.14. The molecule has 0 aliphatic carbocycles. The molecule has 0 aliphatic heterocycles. The Morgan fingerprint density at radius 3 is 2.86 bits per heavy atom. The maximum Gasteiger partial charge on any atom is 0.388 e. The van der Waals surface area contributed by atoms with Gasteiger partial charge in [-0.25, -0.2) is 24.1 Å². The Balaban J connectivity index is 1.63. The van der Waals surface area contributed by atoms with Gasteiger partial charge in [0.05, 0.1) is 12.4 Å². The van der Waals surface area contributed by atoms with E-state index in [1.165, 1.54) is 23.1 Å². The Morgan fingerprint density at radius 2 is 2.11 bits per heavy atom. The Kier molecular flexibility index (Phi) is 4.74. The summed E-state index contributed by atoms with van der Waals surface area (Å²) in [6, 6.07) is 3.98. The first-order valence-corrected chi connectivity index (χ1v) is 8.07. The summed E-state index contributed by atoms with van der Waals surface area (Å²) in [4.78, 5) is 12.6. The van der Waals surface area contributed by atoms with Crippen LogP contribution in [0.3, 0.4) is 0 Å². The summed E-state index contributed by atoms with van der Waals surface area (Å²) in [6.07, 6.45) is 6.05. The third-order valence-corrected chi connectivity index (χ3v) is 3.84. The molecule has 9 nitrogen and oxygen atoms in total. The topological polar surface area (TPSA) is 106 Å². The maximum absolute atomic E-state index is 13.7. The van der Waals surface area contributed by atoms with Gasteiger partial charge in [0.2, 0.25) is 5.88 Å². The molecule has 4 heterocycles. The largest absolute Gasteiger partial charge is 0.417 e. The van der Waals surface area contributed by atoms with Crippen molar-refractivity contribution in [2.24, 2.45) is 0 Å². The van der Waals surface area contributed by atoms with Gasteiger partial charge < -0.3 is 10.1 Å². The van der Waals surface area contributed by atoms with Crippen molar-refractivity contribution in [3.8, 4) is 5.88 Å². The van der Waals surface area contributed by atoms with Gasteiger partial charge >= 0.3 is 6.61 Å². The van der Waals surface area contributed by atoms with E-state index in [4.69, 9.17) is 0 Å². The van der Waals surface area contributed by atoms with E-state index in [2.05, 4.69) is 40.3 Å². The number of aromatic nitrogens is 7. The standard InChI is InChI=1S/C16H13F3N8O/c17-5-11(9-2-1-3-20-6-9)27-15-10(7-22-27)21-8-13(24-15)23-12-4-14(26-25-12)28-16(18)19/h1-4,6-8,11,16H,5H2,(H2,23,24,25,26). The van der Waals surface area contributed by atoms with Crippen LogP contribution in [0.1, 0.15) is 11.6 Å². The van der Waals surface area contributed by atoms with E-state index >= 15 is 0 Å². The molecule has 4 aromatic heterocycles. The van der Waals surface area contributed by atoms with E-state index in [0.29, 0.717) is 16.7 Å². The number of H-pyrrole nitrogens is 1. The molecule has 0 amide bonds. The molecule has 0 bridgehead atoms. The van der Waals surface area contributed by atoms with Gasteiger partial charge in [0.15, 0.2) is 17.3 Å². The van der Waals surface area contributed by atoms with Crippen LogP contribution in [-0.4, -0.2) is 48.2 Å². The van der Waals surface area contributed by atoms with Gasteiger partial charge in [0, 0.05) is 18.5 Å². The number of alkyl halides is 3. The number of aromatic amines is 1. The summed E-state index contributed by atoms with van der Waals surface area (Å²) in [5.41, 5.74) is 1.45. The van der Waals surface area contributed by atoms with Gasteiger partial charge in [-0.1, -0.05) is 6.07 Å². The Hall–Kier alpha value is -3.70. The van der Waals surface area contributed by atoms with Crippen molar-refractivity contribution in [3.05, 3.63) is 48.5 Å². The van der Waals surface area contributed by atoms with Crippen LogP contribution >= 0.6 is 0 Å². The number of rotatable bonds is 7. The number of hydrogen-bond donors (Lipinski definition) is 2. The normalized spacial score (nSPS) is 12.4. The molecule has 4 aromatic rings. The fourth-order valence-electron chi connectivity index (χ4n) is 2.63. The number of hydrogen-bond acceptors (Lipinski definition) is 7. The SMILES string of the molecule is FCC(c1cccnc1)n1ncc2ncc(Nc3cc(OC(F)F)[nH]n3)nc21. The van der Waals surface area contributed by atoms with Gasteiger partial charge in [0.1, 0.15) is 18.2 Å². The fraction of sp³-hybridized carbons (Fsp3) is 0.188. The lowest BCUT2D eigenvalue weighted by atomic mass is 10.1. The Labute approximate surface area is 155 Å². The minimum absolute atomic E-state index is 0.199. The number of nitrogens with zero attached hydrogens (tertiary/aromatic N) is 6. The molecule has 4 rings (SSSR count). The Morgan fingerprint density at radius 1 is 1.21 bits per heavy atom. The number of ether oxygens (including phenoxy) is 1. The number of halogens is 3. The average Bonchev–Trinajstić information content (AvgIpc) is 3.30. The summed E-state index contributed by atoms with van der Waals surface area (Å²) in [7, 11) is 0. The van der Waals surface area contributed by atoms with Gasteiger partial charge in [-0.2, -0.15) is 19.0 Å². The first-order valence-electron chi connectivity index (χ1n) is 8.07. The highest BCUT2D eigenvalue weighted by molar-refractivity contribution is 5.72. The molecule has 0 aromatic carbocycles. The number of pyridine rings is 1. The lowest BCUT2D eigenvalue weighted by molar-refractivity contribution is -0.0528. The fourth-order valence-corrected chi connectivity index (χ4v) is 2.63. The maximum atomic E-state index is 13.7. The molecule has 0 fully saturated rings. The zero-order valence-corrected chi connectivity index (χ0v) is 14.1. The van der Waals surface area contributed by atoms with E-state index in [-0.39, 0.29) is 17.5 Å². The molecule has 144 valence electrons. The first kappa shape index (κ1) is 17.7. The second-order valence-corrected chi connectivity index (χ2v) is 5.63. The highest BCUT2D eigenvalue weighted by atomic mass is 19.3. The molecule has 1 unspecified atom stereocenters. The molecule has 0 saturated heterocycles. The van der Waals surface area contributed by atoms with Crippen molar-refractivity contribution in [1.82, 2.24) is 34.9 Å². The van der Waals surface area contributed by atoms with Gasteiger partial charge in [0.25, 0.3) is 0 Å². The third kappa shape index (κ3) is 3.56. The van der Waals surface area contributed by atoms with Gasteiger partial charge in [-0.3, -0.25) is 4.98 Å². The quantitative estimate of drug-likeness (QED) is 0.500. The van der Waals surface area contributed by atoms with Crippen LogP contribution in [0.2, 0.25) is 0 Å². The van der Waals surface area contributed by atoms with E-state index < -0.39 is 19.3 Å². The molecule has 12 heteroatoms. The van der Waals surface area contributed by atoms with Crippen LogP contribution < -0.4 is 10.1 Å². The highest BCUT2D eigenvalue weighted by Crippen LogP contribution is 2.24. The van der Waals surface area contributed by atoms with Crippen LogP contribution in [0.25, 0.3) is 11.2 Å². The molecule has 28 heavy (non-hydrogen) atoms. The molecule has 0 aliphatic rings. The number of nitrogens with one attached hydrogen (secondary N) is 2. The molecule has 2 N–H and O–H groups in total. The smallest absolute Gasteiger partial charge is 0.388 e. The predicted molar refractivity (Wildman–Crippen MR) is 92.2 cm³/mol. The van der Waals surface area contributed by atoms with Crippen LogP contribution in [0.15, 0.2) is 43.0 Å². The van der Waals surface area contributed by atoms with E-state index in [1.807, 2.05) is 0 Å². The van der Waals surface area contributed by atoms with Gasteiger partial charge in [-0.15, -0.1) is 0 Å². The lowest BCUT2D eigenvalue weighted by Crippen LogP contribution is -2.15. The van der Waals surface area contributed by atoms with Crippen LogP contribution in [0.4, 0.5) is 24.8 Å². The third-order valence-electron chi connectivity index (χ3n) is 3.84. The zero-order valence-electron chi connectivity index (χ0n) is 14.1. The van der Waals surface area contributed by atoms with Crippen molar-refractivity contribution in [1.29, 1.82) is 0 Å². The summed E-state index contributed by atoms with van der Waals surface area (Å²) < 4.78 is 43.8. The van der Waals surface area contributed by atoms with E-state index in [0.717, 1.165) is 0 Å². The first-order chi connectivity index (χ1) is 13.6. The van der Waals surface area contributed by atoms with Crippen molar-refractivity contribution in [2.75, 3.05) is 12.0 Å². The molecule has 0 radical (unpaired) electrons. The van der Waals surface area contributed by atoms with Crippen LogP contribution in [-0.2, 0) is 0 Å². The van der Waals surface area contributed by atoms with Crippen molar-refractivity contribution < 1.29 is 17.9 Å². The second-order valence-electron chi connectivity index (χ2n) is 5.63. The van der Waals surface area contributed by atoms with E-state index in [1.54, 1.807) is 24.5 Å². The van der Waals surface area contributed by atoms with E-state index in [9.17, 15) is 13.2 Å². The average molecular weight is 390 g/mol. The van der Waals surface area contributed by atoms with Crippen molar-refractivity contribution in [3.63, 3.8) is 0 Å². The van der Waals surface area contributed by atoms with Crippen LogP contribution in [0, 0.1) is 0 Å². The van der Waals surface area contributed by atoms with Gasteiger partial charge in [-0.05, 0) is 11.6 Å². The summed E-state index contributed by atoms with van der Waals surface area (Å²) in [6.45, 7) is -3.68. The van der Waals surface area contributed by atoms with Crippen molar-refractivity contribution in [2.45, 2.75) is 12.7 Å². The summed E-state index contributed by atoms with van der Waals surface area (Å²) in [5, 5.41) is 13.1. The molecule has 0 spiro atoms. The summed E-state index contributed by atoms with van der Waals surface area (Å²) in [5.74, 6) is 0.267. The Bertz CT molecular complexity index is 1070. The predicted octanol–water partition coefficient (Wildman–Crippen LogP) is 2.85. The number of fused-ring (bicyclic) bond motifs is 1. The second kappa shape index (κ2) is 7.50. The zero-order chi connectivity index (χ0) is 19.5. The minimum atomic E-state index is -2.97. The number of anilines is 2. The molecular weight excluding hydrogens is 377 g/mol. The monoisotopic (exact) mass is 390 g/mol. The van der Waals surface area contributed by atoms with Crippen molar-refractivity contribution >= 4 is 22.8 Å². The minimum Gasteiger partial charge on any atom is -0.417 e. The molecule has 0 saturated carbocycles. The van der Waals surface area contributed by atoms with Crippen LogP contribution in [0.5, 0.6) is 5.88 Å². The summed E-state index contributed by atoms with van der Waals surface area (Å²) >= 11 is 0.